The molecule has 0 atom stereocenters. The Morgan fingerprint density at radius 3 is 2.32 bits per heavy atom. The van der Waals surface area contributed by atoms with E-state index in [0.29, 0.717) is 36.9 Å². The number of rotatable bonds is 7. The summed E-state index contributed by atoms with van der Waals surface area (Å²) < 4.78 is 15.1. The van der Waals surface area contributed by atoms with E-state index < -0.39 is 17.7 Å². The van der Waals surface area contributed by atoms with Crippen LogP contribution in [0.3, 0.4) is 0 Å². The quantitative estimate of drug-likeness (QED) is 0.279. The number of hydrogen-bond donors (Lipinski definition) is 3. The van der Waals surface area contributed by atoms with E-state index >= 15 is 0 Å². The maximum Gasteiger partial charge on any atom is 0.407 e. The Morgan fingerprint density at radius 1 is 1.07 bits per heavy atom. The number of carbonyl (C=O) groups is 2. The van der Waals surface area contributed by atoms with Gasteiger partial charge in [0, 0.05) is 26.7 Å². The highest BCUT2D eigenvalue weighted by Crippen LogP contribution is 2.20. The molecular weight excluding hydrogens is 364 g/mol. The molecule has 9 heteroatoms. The lowest BCUT2D eigenvalue weighted by Crippen LogP contribution is -2.42. The highest BCUT2D eigenvalue weighted by Gasteiger charge is 2.15. The summed E-state index contributed by atoms with van der Waals surface area (Å²) in [5.41, 5.74) is 0.682. The number of nitrogens with zero attached hydrogens (tertiary/aromatic N) is 1. The topological polar surface area (TPSA) is 110 Å². The van der Waals surface area contributed by atoms with E-state index in [1.165, 1.54) is 14.2 Å². The van der Waals surface area contributed by atoms with Gasteiger partial charge in [-0.25, -0.2) is 9.59 Å². The molecule has 1 amide bonds. The number of amides is 1. The lowest BCUT2D eigenvalue weighted by molar-refractivity contribution is 0.0527. The Bertz CT molecular complexity index is 698. The third kappa shape index (κ3) is 8.15. The van der Waals surface area contributed by atoms with Gasteiger partial charge in [-0.1, -0.05) is 6.07 Å². The van der Waals surface area contributed by atoms with Gasteiger partial charge in [0.25, 0.3) is 0 Å². The van der Waals surface area contributed by atoms with E-state index in [4.69, 9.17) is 14.2 Å². The predicted octanol–water partition coefficient (Wildman–Crippen LogP) is 1.67. The van der Waals surface area contributed by atoms with E-state index in [2.05, 4.69) is 20.9 Å². The number of esters is 1. The number of carbonyl (C=O) groups excluding carboxylic acids is 2. The van der Waals surface area contributed by atoms with Crippen LogP contribution in [-0.4, -0.2) is 58.0 Å². The minimum absolute atomic E-state index is 0.355. The lowest BCUT2D eigenvalue weighted by atomic mass is 10.1. The lowest BCUT2D eigenvalue weighted by Gasteiger charge is -2.20. The maximum absolute atomic E-state index is 11.9. The number of alkyl carbamates (subject to hydrolysis) is 1. The summed E-state index contributed by atoms with van der Waals surface area (Å²) in [7, 11) is 4.46. The van der Waals surface area contributed by atoms with Crippen LogP contribution in [0.4, 0.5) is 4.79 Å². The van der Waals surface area contributed by atoms with Crippen LogP contribution in [0.5, 0.6) is 5.75 Å². The second-order valence-corrected chi connectivity index (χ2v) is 6.81. The van der Waals surface area contributed by atoms with E-state index in [1.807, 2.05) is 6.07 Å². The largest absolute Gasteiger partial charge is 0.496 e. The second kappa shape index (κ2) is 11.0. The molecule has 9 nitrogen and oxygen atoms in total. The summed E-state index contributed by atoms with van der Waals surface area (Å²) in [4.78, 5) is 27.6. The first-order valence-electron chi connectivity index (χ1n) is 8.86. The summed E-state index contributed by atoms with van der Waals surface area (Å²) in [6, 6.07) is 5.26. The van der Waals surface area contributed by atoms with Gasteiger partial charge >= 0.3 is 12.1 Å². The summed E-state index contributed by atoms with van der Waals surface area (Å²) in [6.07, 6.45) is -0.467. The van der Waals surface area contributed by atoms with Crippen LogP contribution < -0.4 is 20.7 Å². The molecule has 0 radical (unpaired) electrons. The van der Waals surface area contributed by atoms with Crippen LogP contribution in [0.2, 0.25) is 0 Å². The molecule has 0 unspecified atom stereocenters. The number of methoxy groups -OCH3 is 2. The Kier molecular flexibility index (Phi) is 9.07. The molecule has 1 rings (SSSR count). The standard InChI is InChI=1S/C19H30N4O5/c1-19(2,3)28-18(25)22-10-9-21-17(20-4)23-12-13-7-8-15(26-5)14(11-13)16(24)27-6/h7-8,11H,9-10,12H2,1-6H3,(H,22,25)(H2,20,21,23). The summed E-state index contributed by atoms with van der Waals surface area (Å²) in [5.74, 6) is 0.544. The van der Waals surface area contributed by atoms with Gasteiger partial charge in [0.1, 0.15) is 16.9 Å². The van der Waals surface area contributed by atoms with Crippen LogP contribution >= 0.6 is 0 Å². The molecule has 3 N–H and O–H groups in total. The predicted molar refractivity (Wildman–Crippen MR) is 107 cm³/mol. The van der Waals surface area contributed by atoms with Gasteiger partial charge < -0.3 is 30.2 Å². The molecule has 0 fully saturated rings. The molecule has 0 spiro atoms. The van der Waals surface area contributed by atoms with Crippen molar-refractivity contribution >= 4 is 18.0 Å². The molecule has 0 heterocycles. The first-order chi connectivity index (χ1) is 13.2. The molecule has 0 aliphatic heterocycles. The van der Waals surface area contributed by atoms with Crippen molar-refractivity contribution < 1.29 is 23.8 Å². The van der Waals surface area contributed by atoms with Crippen molar-refractivity contribution in [3.05, 3.63) is 29.3 Å². The molecule has 1 aromatic rings. The number of nitrogens with one attached hydrogen (secondary N) is 3. The van der Waals surface area contributed by atoms with Crippen molar-refractivity contribution in [2.45, 2.75) is 32.9 Å². The van der Waals surface area contributed by atoms with Crippen molar-refractivity contribution in [3.8, 4) is 5.75 Å². The smallest absolute Gasteiger partial charge is 0.407 e. The van der Waals surface area contributed by atoms with E-state index in [0.717, 1.165) is 5.56 Å². The van der Waals surface area contributed by atoms with Gasteiger partial charge in [-0.05, 0) is 38.5 Å². The fourth-order valence-electron chi connectivity index (χ4n) is 2.20. The minimum atomic E-state index is -0.531. The van der Waals surface area contributed by atoms with Gasteiger partial charge in [-0.2, -0.15) is 0 Å². The van der Waals surface area contributed by atoms with Gasteiger partial charge in [0.15, 0.2) is 5.96 Å². The van der Waals surface area contributed by atoms with Crippen LogP contribution in [0, 0.1) is 0 Å². The molecule has 0 saturated carbocycles. The van der Waals surface area contributed by atoms with Gasteiger partial charge in [-0.15, -0.1) is 0 Å². The van der Waals surface area contributed by atoms with Gasteiger partial charge in [-0.3, -0.25) is 4.99 Å². The molecule has 1 aromatic carbocycles. The fourth-order valence-corrected chi connectivity index (χ4v) is 2.20. The van der Waals surface area contributed by atoms with Gasteiger partial charge in [0.05, 0.1) is 14.2 Å². The van der Waals surface area contributed by atoms with Crippen LogP contribution in [0.15, 0.2) is 23.2 Å². The Labute approximate surface area is 165 Å². The Morgan fingerprint density at radius 2 is 1.75 bits per heavy atom. The first kappa shape index (κ1) is 23.1. The van der Waals surface area contributed by atoms with Crippen molar-refractivity contribution in [1.29, 1.82) is 0 Å². The highest BCUT2D eigenvalue weighted by molar-refractivity contribution is 5.92. The SMILES string of the molecule is CN=C(NCCNC(=O)OC(C)(C)C)NCc1ccc(OC)c(C(=O)OC)c1. The Balaban J connectivity index is 2.50. The van der Waals surface area contributed by atoms with E-state index in [-0.39, 0.29) is 0 Å². The number of hydrogen-bond acceptors (Lipinski definition) is 6. The molecule has 0 aromatic heterocycles. The average Bonchev–Trinajstić information content (AvgIpc) is 2.65. The minimum Gasteiger partial charge on any atom is -0.496 e. The van der Waals surface area contributed by atoms with Crippen molar-refractivity contribution in [2.24, 2.45) is 4.99 Å². The van der Waals surface area contributed by atoms with Crippen molar-refractivity contribution in [1.82, 2.24) is 16.0 Å². The number of benzene rings is 1. The van der Waals surface area contributed by atoms with Crippen LogP contribution in [0.1, 0.15) is 36.7 Å². The average molecular weight is 394 g/mol. The zero-order valence-electron chi connectivity index (χ0n) is 17.3. The van der Waals surface area contributed by atoms with Crippen LogP contribution in [-0.2, 0) is 16.0 Å². The first-order valence-corrected chi connectivity index (χ1v) is 8.86. The molecule has 0 saturated heterocycles. The number of ether oxygens (including phenoxy) is 3. The normalized spacial score (nSPS) is 11.4. The molecule has 0 aliphatic rings. The second-order valence-electron chi connectivity index (χ2n) is 6.81. The van der Waals surface area contributed by atoms with Crippen LogP contribution in [0.25, 0.3) is 0 Å². The number of aliphatic imine (C=N–C) groups is 1. The summed E-state index contributed by atoms with van der Waals surface area (Å²) in [5, 5.41) is 8.88. The highest BCUT2D eigenvalue weighted by atomic mass is 16.6. The summed E-state index contributed by atoms with van der Waals surface area (Å²) >= 11 is 0. The van der Waals surface area contributed by atoms with Crippen molar-refractivity contribution in [3.63, 3.8) is 0 Å². The zero-order valence-corrected chi connectivity index (χ0v) is 17.3. The molecule has 28 heavy (non-hydrogen) atoms. The molecular formula is C19H30N4O5. The molecule has 0 aliphatic carbocycles. The zero-order chi connectivity index (χ0) is 21.2. The maximum atomic E-state index is 11.9. The Hall–Kier alpha value is -2.97. The summed E-state index contributed by atoms with van der Waals surface area (Å²) in [6.45, 7) is 6.71. The molecule has 156 valence electrons. The molecule has 0 bridgehead atoms. The fraction of sp³-hybridized carbons (Fsp3) is 0.526. The van der Waals surface area contributed by atoms with Crippen molar-refractivity contribution in [2.75, 3.05) is 34.4 Å². The van der Waals surface area contributed by atoms with E-state index in [9.17, 15) is 9.59 Å². The third-order valence-corrected chi connectivity index (χ3v) is 3.44. The number of guanidine groups is 1. The van der Waals surface area contributed by atoms with E-state index in [1.54, 1.807) is 40.0 Å². The third-order valence-electron chi connectivity index (χ3n) is 3.44. The monoisotopic (exact) mass is 394 g/mol. The van der Waals surface area contributed by atoms with Gasteiger partial charge in [0.2, 0.25) is 0 Å².